The van der Waals surface area contributed by atoms with Gasteiger partial charge in [0, 0.05) is 23.0 Å². The number of hydrogen-bond acceptors (Lipinski definition) is 4. The number of amides is 1. The summed E-state index contributed by atoms with van der Waals surface area (Å²) in [6.45, 7) is 3.61. The number of benzene rings is 3. The Kier molecular flexibility index (Phi) is 5.89. The summed E-state index contributed by atoms with van der Waals surface area (Å²) in [5.41, 5.74) is 2.82. The molecule has 7 heteroatoms. The Hall–Kier alpha value is -3.32. The average molecular weight is 410 g/mol. The summed E-state index contributed by atoms with van der Waals surface area (Å²) in [6.07, 6.45) is 0. The van der Waals surface area contributed by atoms with Crippen molar-refractivity contribution in [2.45, 2.75) is 18.7 Å². The number of anilines is 2. The highest BCUT2D eigenvalue weighted by Crippen LogP contribution is 2.22. The third-order valence-electron chi connectivity index (χ3n) is 4.37. The van der Waals surface area contributed by atoms with Crippen LogP contribution in [0.3, 0.4) is 0 Å². The van der Waals surface area contributed by atoms with Gasteiger partial charge in [0.05, 0.1) is 12.0 Å². The highest BCUT2D eigenvalue weighted by atomic mass is 32.2. The molecule has 3 aromatic rings. The number of hydrogen-bond donors (Lipinski definition) is 2. The maximum absolute atomic E-state index is 12.9. The molecular weight excluding hydrogens is 388 g/mol. The minimum Gasteiger partial charge on any atom is -0.497 e. The molecular formula is C22H22N2O4S. The molecule has 6 nitrogen and oxygen atoms in total. The number of rotatable bonds is 6. The molecule has 150 valence electrons. The first-order valence-electron chi connectivity index (χ1n) is 8.94. The van der Waals surface area contributed by atoms with Crippen LogP contribution in [0.25, 0.3) is 0 Å². The fourth-order valence-electron chi connectivity index (χ4n) is 2.77. The Labute approximate surface area is 170 Å². The molecule has 0 atom stereocenters. The standard InChI is InChI=1S/C22H22N2O4S/c1-15-7-11-18(12-8-15)24-29(26,27)21-13-17(10-9-16(21)2)22(25)23-19-5-4-6-20(14-19)28-3/h4-14,24H,1-3H3,(H,23,25). The van der Waals surface area contributed by atoms with Crippen molar-refractivity contribution in [1.29, 1.82) is 0 Å². The summed E-state index contributed by atoms with van der Waals surface area (Å²) in [5, 5.41) is 2.75. The molecule has 29 heavy (non-hydrogen) atoms. The number of carbonyl (C=O) groups excluding carboxylic acids is 1. The van der Waals surface area contributed by atoms with Crippen LogP contribution in [0.4, 0.5) is 11.4 Å². The van der Waals surface area contributed by atoms with Crippen LogP contribution in [-0.4, -0.2) is 21.4 Å². The van der Waals surface area contributed by atoms with Crippen LogP contribution >= 0.6 is 0 Å². The normalized spacial score (nSPS) is 11.0. The van der Waals surface area contributed by atoms with Crippen LogP contribution in [0.15, 0.2) is 71.6 Å². The third kappa shape index (κ3) is 4.94. The smallest absolute Gasteiger partial charge is 0.262 e. The Bertz CT molecular complexity index is 1140. The van der Waals surface area contributed by atoms with Gasteiger partial charge in [-0.2, -0.15) is 0 Å². The molecule has 0 unspecified atom stereocenters. The maximum Gasteiger partial charge on any atom is 0.262 e. The zero-order chi connectivity index (χ0) is 21.0. The van der Waals surface area contributed by atoms with Gasteiger partial charge in [-0.05, 0) is 55.8 Å². The number of methoxy groups -OCH3 is 1. The van der Waals surface area contributed by atoms with Crippen molar-refractivity contribution in [2.75, 3.05) is 17.1 Å². The van der Waals surface area contributed by atoms with E-state index in [1.807, 2.05) is 19.1 Å². The van der Waals surface area contributed by atoms with E-state index >= 15 is 0 Å². The van der Waals surface area contributed by atoms with Gasteiger partial charge in [-0.25, -0.2) is 8.42 Å². The summed E-state index contributed by atoms with van der Waals surface area (Å²) in [7, 11) is -2.31. The summed E-state index contributed by atoms with van der Waals surface area (Å²) in [6, 6.07) is 18.6. The number of carbonyl (C=O) groups is 1. The van der Waals surface area contributed by atoms with E-state index in [1.165, 1.54) is 6.07 Å². The fourth-order valence-corrected chi connectivity index (χ4v) is 4.10. The topological polar surface area (TPSA) is 84.5 Å². The van der Waals surface area contributed by atoms with E-state index in [1.54, 1.807) is 62.6 Å². The zero-order valence-corrected chi connectivity index (χ0v) is 17.2. The number of sulfonamides is 1. The van der Waals surface area contributed by atoms with Gasteiger partial charge >= 0.3 is 0 Å². The Morgan fingerprint density at radius 1 is 0.897 bits per heavy atom. The van der Waals surface area contributed by atoms with Gasteiger partial charge in [0.25, 0.3) is 15.9 Å². The monoisotopic (exact) mass is 410 g/mol. The van der Waals surface area contributed by atoms with E-state index in [9.17, 15) is 13.2 Å². The molecule has 0 aromatic heterocycles. The molecule has 1 amide bonds. The van der Waals surface area contributed by atoms with Crippen molar-refractivity contribution in [3.8, 4) is 5.75 Å². The second-order valence-corrected chi connectivity index (χ2v) is 8.29. The van der Waals surface area contributed by atoms with E-state index in [2.05, 4.69) is 10.0 Å². The predicted molar refractivity (Wildman–Crippen MR) is 114 cm³/mol. The maximum atomic E-state index is 12.9. The fraction of sp³-hybridized carbons (Fsp3) is 0.136. The molecule has 0 fully saturated rings. The molecule has 0 radical (unpaired) electrons. The molecule has 0 spiro atoms. The molecule has 0 saturated carbocycles. The molecule has 0 aliphatic carbocycles. The molecule has 0 aliphatic heterocycles. The first-order valence-corrected chi connectivity index (χ1v) is 10.4. The Morgan fingerprint density at radius 3 is 2.31 bits per heavy atom. The van der Waals surface area contributed by atoms with E-state index in [4.69, 9.17) is 4.74 Å². The van der Waals surface area contributed by atoms with Crippen molar-refractivity contribution < 1.29 is 17.9 Å². The lowest BCUT2D eigenvalue weighted by molar-refractivity contribution is 0.102. The summed E-state index contributed by atoms with van der Waals surface area (Å²) in [4.78, 5) is 12.7. The third-order valence-corrected chi connectivity index (χ3v) is 5.89. The van der Waals surface area contributed by atoms with Gasteiger partial charge in [0.15, 0.2) is 0 Å². The second-order valence-electron chi connectivity index (χ2n) is 6.64. The van der Waals surface area contributed by atoms with Gasteiger partial charge < -0.3 is 10.1 Å². The molecule has 3 aromatic carbocycles. The van der Waals surface area contributed by atoms with Gasteiger partial charge in [-0.3, -0.25) is 9.52 Å². The van der Waals surface area contributed by atoms with Crippen molar-refractivity contribution in [1.82, 2.24) is 0 Å². The van der Waals surface area contributed by atoms with Crippen LogP contribution in [0.5, 0.6) is 5.75 Å². The number of nitrogens with one attached hydrogen (secondary N) is 2. The van der Waals surface area contributed by atoms with Crippen LogP contribution in [-0.2, 0) is 10.0 Å². The Morgan fingerprint density at radius 2 is 1.62 bits per heavy atom. The zero-order valence-electron chi connectivity index (χ0n) is 16.4. The highest BCUT2D eigenvalue weighted by Gasteiger charge is 2.19. The summed E-state index contributed by atoms with van der Waals surface area (Å²) >= 11 is 0. The lowest BCUT2D eigenvalue weighted by Crippen LogP contribution is -2.17. The molecule has 0 heterocycles. The first-order chi connectivity index (χ1) is 13.8. The molecule has 0 bridgehead atoms. The molecule has 3 rings (SSSR count). The number of ether oxygens (including phenoxy) is 1. The lowest BCUT2D eigenvalue weighted by Gasteiger charge is -2.13. The molecule has 2 N–H and O–H groups in total. The minimum absolute atomic E-state index is 0.0522. The van der Waals surface area contributed by atoms with Crippen molar-refractivity contribution in [2.24, 2.45) is 0 Å². The van der Waals surface area contributed by atoms with Gasteiger partial charge in [-0.15, -0.1) is 0 Å². The first kappa shape index (κ1) is 20.4. The minimum atomic E-state index is -3.85. The molecule has 0 saturated heterocycles. The van der Waals surface area contributed by atoms with Gasteiger partial charge in [-0.1, -0.05) is 29.8 Å². The quantitative estimate of drug-likeness (QED) is 0.632. The van der Waals surface area contributed by atoms with Crippen molar-refractivity contribution in [3.63, 3.8) is 0 Å². The van der Waals surface area contributed by atoms with Gasteiger partial charge in [0.2, 0.25) is 0 Å². The van der Waals surface area contributed by atoms with Crippen LogP contribution < -0.4 is 14.8 Å². The SMILES string of the molecule is COc1cccc(NC(=O)c2ccc(C)c(S(=O)(=O)Nc3ccc(C)cc3)c2)c1. The molecule has 0 aliphatic rings. The average Bonchev–Trinajstić information content (AvgIpc) is 2.70. The van der Waals surface area contributed by atoms with Crippen LogP contribution in [0, 0.1) is 13.8 Å². The van der Waals surface area contributed by atoms with Gasteiger partial charge in [0.1, 0.15) is 5.75 Å². The van der Waals surface area contributed by atoms with E-state index in [0.29, 0.717) is 22.7 Å². The van der Waals surface area contributed by atoms with Crippen LogP contribution in [0.2, 0.25) is 0 Å². The van der Waals surface area contributed by atoms with E-state index < -0.39 is 15.9 Å². The summed E-state index contributed by atoms with van der Waals surface area (Å²) < 4.78 is 33.4. The highest BCUT2D eigenvalue weighted by molar-refractivity contribution is 7.92. The van der Waals surface area contributed by atoms with Crippen molar-refractivity contribution in [3.05, 3.63) is 83.4 Å². The lowest BCUT2D eigenvalue weighted by atomic mass is 10.1. The Balaban J connectivity index is 1.86. The predicted octanol–water partition coefficient (Wildman–Crippen LogP) is 4.37. The van der Waals surface area contributed by atoms with E-state index in [0.717, 1.165) is 5.56 Å². The van der Waals surface area contributed by atoms with Crippen LogP contribution in [0.1, 0.15) is 21.5 Å². The van der Waals surface area contributed by atoms with E-state index in [-0.39, 0.29) is 10.5 Å². The summed E-state index contributed by atoms with van der Waals surface area (Å²) in [5.74, 6) is 0.197. The second kappa shape index (κ2) is 8.36. The van der Waals surface area contributed by atoms with Crippen molar-refractivity contribution >= 4 is 27.3 Å². The number of aryl methyl sites for hydroxylation is 2. The largest absolute Gasteiger partial charge is 0.497 e.